The number of aryl methyl sites for hydroxylation is 1. The molecule has 1 atom stereocenters. The number of methoxy groups -OCH3 is 1. The van der Waals surface area contributed by atoms with Crippen LogP contribution in [0.2, 0.25) is 0 Å². The quantitative estimate of drug-likeness (QED) is 0.519. The van der Waals surface area contributed by atoms with Gasteiger partial charge in [0.15, 0.2) is 18.1 Å². The van der Waals surface area contributed by atoms with Gasteiger partial charge < -0.3 is 20.1 Å². The lowest BCUT2D eigenvalue weighted by atomic mass is 10.1. The average molecular weight is 490 g/mol. The number of anilines is 1. The van der Waals surface area contributed by atoms with Gasteiger partial charge in [-0.3, -0.25) is 9.69 Å². The van der Waals surface area contributed by atoms with E-state index in [-0.39, 0.29) is 12.5 Å². The predicted octanol–water partition coefficient (Wildman–Crippen LogP) is 4.36. The summed E-state index contributed by atoms with van der Waals surface area (Å²) in [6, 6.07) is 12.1. The molecule has 0 aliphatic carbocycles. The molecule has 1 heterocycles. The van der Waals surface area contributed by atoms with Gasteiger partial charge in [0.05, 0.1) is 7.11 Å². The van der Waals surface area contributed by atoms with Gasteiger partial charge in [-0.15, -0.1) is 0 Å². The van der Waals surface area contributed by atoms with Crippen molar-refractivity contribution in [2.24, 2.45) is 0 Å². The fourth-order valence-corrected chi connectivity index (χ4v) is 4.34. The number of benzene rings is 2. The molecular weight excluding hydrogens is 458 g/mol. The Hall–Kier alpha value is -2.09. The number of likely N-dealkylation sites (N-methyl/N-ethyl adjacent to an activating group) is 1. The van der Waals surface area contributed by atoms with E-state index in [0.29, 0.717) is 17.5 Å². The van der Waals surface area contributed by atoms with Gasteiger partial charge in [-0.25, -0.2) is 0 Å². The maximum absolute atomic E-state index is 12.2. The number of nitrogens with one attached hydrogen (secondary N) is 2. The standard InChI is InChI=1S/C24H32BrN3O3/c1-4-28-11-5-6-20(28)15-26-14-18-12-22(30-3)23(13-21(18)25)31-16-24(29)27-19-9-7-17(2)8-10-19/h7-10,12-13,20,26H,4-6,11,14-16H2,1-3H3,(H,27,29). The molecule has 0 spiro atoms. The summed E-state index contributed by atoms with van der Waals surface area (Å²) in [7, 11) is 1.61. The molecule has 1 aliphatic rings. The fourth-order valence-electron chi connectivity index (χ4n) is 3.88. The van der Waals surface area contributed by atoms with E-state index in [1.54, 1.807) is 7.11 Å². The number of amides is 1. The zero-order valence-electron chi connectivity index (χ0n) is 18.5. The van der Waals surface area contributed by atoms with Crippen molar-refractivity contribution < 1.29 is 14.3 Å². The van der Waals surface area contributed by atoms with Gasteiger partial charge >= 0.3 is 0 Å². The zero-order valence-corrected chi connectivity index (χ0v) is 20.1. The minimum absolute atomic E-state index is 0.0944. The Balaban J connectivity index is 1.54. The number of nitrogens with zero attached hydrogens (tertiary/aromatic N) is 1. The molecule has 0 bridgehead atoms. The van der Waals surface area contributed by atoms with E-state index < -0.39 is 0 Å². The first-order chi connectivity index (χ1) is 15.0. The first kappa shape index (κ1) is 23.6. The van der Waals surface area contributed by atoms with Gasteiger partial charge in [-0.05, 0) is 62.7 Å². The molecule has 1 saturated heterocycles. The molecule has 31 heavy (non-hydrogen) atoms. The highest BCUT2D eigenvalue weighted by Crippen LogP contribution is 2.33. The molecule has 1 amide bonds. The van der Waals surface area contributed by atoms with Gasteiger partial charge in [0.1, 0.15) is 0 Å². The molecular formula is C24H32BrN3O3. The van der Waals surface area contributed by atoms with Crippen molar-refractivity contribution in [3.8, 4) is 11.5 Å². The summed E-state index contributed by atoms with van der Waals surface area (Å²) in [6.07, 6.45) is 2.53. The molecule has 0 radical (unpaired) electrons. The molecule has 3 rings (SSSR count). The average Bonchev–Trinajstić information content (AvgIpc) is 3.22. The SMILES string of the molecule is CCN1CCCC1CNCc1cc(OC)c(OCC(=O)Nc2ccc(C)cc2)cc1Br. The second-order valence-corrected chi connectivity index (χ2v) is 8.71. The van der Waals surface area contributed by atoms with Crippen LogP contribution in [0.4, 0.5) is 5.69 Å². The number of carbonyl (C=O) groups is 1. The van der Waals surface area contributed by atoms with Crippen LogP contribution in [0.5, 0.6) is 11.5 Å². The maximum Gasteiger partial charge on any atom is 0.262 e. The monoisotopic (exact) mass is 489 g/mol. The first-order valence-electron chi connectivity index (χ1n) is 10.8. The highest BCUT2D eigenvalue weighted by atomic mass is 79.9. The highest BCUT2D eigenvalue weighted by molar-refractivity contribution is 9.10. The molecule has 1 fully saturated rings. The Morgan fingerprint density at radius 1 is 1.23 bits per heavy atom. The van der Waals surface area contributed by atoms with Crippen LogP contribution in [-0.4, -0.2) is 50.2 Å². The number of hydrogen-bond acceptors (Lipinski definition) is 5. The molecule has 2 aromatic rings. The minimum Gasteiger partial charge on any atom is -0.493 e. The van der Waals surface area contributed by atoms with Crippen LogP contribution in [-0.2, 0) is 11.3 Å². The van der Waals surface area contributed by atoms with Crippen LogP contribution in [0.25, 0.3) is 0 Å². The Morgan fingerprint density at radius 2 is 2.00 bits per heavy atom. The molecule has 7 heteroatoms. The molecule has 1 unspecified atom stereocenters. The number of rotatable bonds is 10. The topological polar surface area (TPSA) is 62.8 Å². The summed E-state index contributed by atoms with van der Waals surface area (Å²) >= 11 is 3.63. The number of likely N-dealkylation sites (tertiary alicyclic amines) is 1. The van der Waals surface area contributed by atoms with E-state index in [2.05, 4.69) is 38.4 Å². The van der Waals surface area contributed by atoms with E-state index in [0.717, 1.165) is 40.9 Å². The lowest BCUT2D eigenvalue weighted by Gasteiger charge is -2.23. The third-order valence-electron chi connectivity index (χ3n) is 5.63. The largest absolute Gasteiger partial charge is 0.493 e. The van der Waals surface area contributed by atoms with Crippen LogP contribution in [0.3, 0.4) is 0 Å². The van der Waals surface area contributed by atoms with E-state index in [1.807, 2.05) is 43.3 Å². The van der Waals surface area contributed by atoms with Gasteiger partial charge in [0.2, 0.25) is 0 Å². The van der Waals surface area contributed by atoms with Gasteiger partial charge in [-0.2, -0.15) is 0 Å². The van der Waals surface area contributed by atoms with E-state index in [4.69, 9.17) is 9.47 Å². The molecule has 6 nitrogen and oxygen atoms in total. The van der Waals surface area contributed by atoms with Crippen molar-refractivity contribution in [3.05, 3.63) is 52.0 Å². The second-order valence-electron chi connectivity index (χ2n) is 7.85. The number of hydrogen-bond donors (Lipinski definition) is 2. The van der Waals surface area contributed by atoms with E-state index >= 15 is 0 Å². The summed E-state index contributed by atoms with van der Waals surface area (Å²) < 4.78 is 12.2. The van der Waals surface area contributed by atoms with Crippen molar-refractivity contribution in [2.75, 3.05) is 38.7 Å². The predicted molar refractivity (Wildman–Crippen MR) is 128 cm³/mol. The number of halogens is 1. The Kier molecular flexibility index (Phi) is 8.75. The normalized spacial score (nSPS) is 16.3. The fraction of sp³-hybridized carbons (Fsp3) is 0.458. The number of carbonyl (C=O) groups excluding carboxylic acids is 1. The molecule has 2 aromatic carbocycles. The second kappa shape index (κ2) is 11.5. The Morgan fingerprint density at radius 3 is 2.71 bits per heavy atom. The van der Waals surface area contributed by atoms with Crippen molar-refractivity contribution >= 4 is 27.5 Å². The van der Waals surface area contributed by atoms with Crippen LogP contribution in [0.1, 0.15) is 30.9 Å². The first-order valence-corrected chi connectivity index (χ1v) is 11.6. The van der Waals surface area contributed by atoms with Crippen LogP contribution < -0.4 is 20.1 Å². The van der Waals surface area contributed by atoms with E-state index in [1.165, 1.54) is 19.4 Å². The zero-order chi connectivity index (χ0) is 22.2. The van der Waals surface area contributed by atoms with Crippen molar-refractivity contribution in [1.29, 1.82) is 0 Å². The lowest BCUT2D eigenvalue weighted by molar-refractivity contribution is -0.118. The van der Waals surface area contributed by atoms with Crippen LogP contribution in [0, 0.1) is 6.92 Å². The highest BCUT2D eigenvalue weighted by Gasteiger charge is 2.22. The van der Waals surface area contributed by atoms with Crippen molar-refractivity contribution in [1.82, 2.24) is 10.2 Å². The van der Waals surface area contributed by atoms with Gasteiger partial charge in [0, 0.05) is 29.3 Å². The van der Waals surface area contributed by atoms with Crippen LogP contribution >= 0.6 is 15.9 Å². The molecule has 0 saturated carbocycles. The van der Waals surface area contributed by atoms with E-state index in [9.17, 15) is 4.79 Å². The van der Waals surface area contributed by atoms with Crippen LogP contribution in [0.15, 0.2) is 40.9 Å². The van der Waals surface area contributed by atoms with Gasteiger partial charge in [-0.1, -0.05) is 40.5 Å². The number of ether oxygens (including phenoxy) is 2. The Labute approximate surface area is 193 Å². The summed E-state index contributed by atoms with van der Waals surface area (Å²) in [5, 5.41) is 6.40. The smallest absolute Gasteiger partial charge is 0.262 e. The summed E-state index contributed by atoms with van der Waals surface area (Å²) in [5.41, 5.74) is 2.98. The maximum atomic E-state index is 12.2. The molecule has 168 valence electrons. The third kappa shape index (κ3) is 6.69. The molecule has 1 aliphatic heterocycles. The summed E-state index contributed by atoms with van der Waals surface area (Å²) in [4.78, 5) is 14.8. The molecule has 2 N–H and O–H groups in total. The van der Waals surface area contributed by atoms with Crippen molar-refractivity contribution in [2.45, 2.75) is 39.3 Å². The third-order valence-corrected chi connectivity index (χ3v) is 6.37. The van der Waals surface area contributed by atoms with Crippen molar-refractivity contribution in [3.63, 3.8) is 0 Å². The summed E-state index contributed by atoms with van der Waals surface area (Å²) in [6.45, 7) is 8.14. The molecule has 0 aromatic heterocycles. The Bertz CT molecular complexity index is 873. The van der Waals surface area contributed by atoms with Gasteiger partial charge in [0.25, 0.3) is 5.91 Å². The summed E-state index contributed by atoms with van der Waals surface area (Å²) in [5.74, 6) is 0.925. The minimum atomic E-state index is -0.218. The lowest BCUT2D eigenvalue weighted by Crippen LogP contribution is -2.37.